The maximum Gasteiger partial charge on any atom is 0.125 e. The minimum Gasteiger partial charge on any atom is -0.357 e. The summed E-state index contributed by atoms with van der Waals surface area (Å²) in [4.78, 5) is 3.21. The number of likely N-dealkylation sites (N-methyl/N-ethyl adjacent to an activating group) is 1. The van der Waals surface area contributed by atoms with Crippen molar-refractivity contribution >= 4 is 26.8 Å². The molecular formula is C11H12BrFN2. The van der Waals surface area contributed by atoms with Crippen molar-refractivity contribution in [1.82, 2.24) is 10.3 Å². The standard InChI is InChI=1S/C11H12BrFN2/c1-14-5-4-9-11(12)8-3-2-7(13)6-10(8)15-9/h2-3,6,14-15H,4-5H2,1H3. The van der Waals surface area contributed by atoms with Gasteiger partial charge in [-0.3, -0.25) is 0 Å². The summed E-state index contributed by atoms with van der Waals surface area (Å²) >= 11 is 3.53. The SMILES string of the molecule is CNCCc1[nH]c2cc(F)ccc2c1Br. The Balaban J connectivity index is 2.44. The molecule has 4 heteroatoms. The highest BCUT2D eigenvalue weighted by atomic mass is 79.9. The van der Waals surface area contributed by atoms with Gasteiger partial charge in [0, 0.05) is 34.0 Å². The first-order valence-corrected chi connectivity index (χ1v) is 5.62. The zero-order valence-corrected chi connectivity index (χ0v) is 9.99. The Labute approximate surface area is 96.0 Å². The smallest absolute Gasteiger partial charge is 0.125 e. The van der Waals surface area contributed by atoms with Gasteiger partial charge in [-0.2, -0.15) is 0 Å². The Morgan fingerprint density at radius 2 is 2.27 bits per heavy atom. The number of aromatic nitrogens is 1. The lowest BCUT2D eigenvalue weighted by molar-refractivity contribution is 0.629. The highest BCUT2D eigenvalue weighted by Gasteiger charge is 2.08. The molecule has 0 bridgehead atoms. The van der Waals surface area contributed by atoms with Crippen LogP contribution in [-0.4, -0.2) is 18.6 Å². The van der Waals surface area contributed by atoms with Gasteiger partial charge in [0.25, 0.3) is 0 Å². The first-order chi connectivity index (χ1) is 7.22. The molecule has 0 radical (unpaired) electrons. The molecule has 0 amide bonds. The topological polar surface area (TPSA) is 27.8 Å². The summed E-state index contributed by atoms with van der Waals surface area (Å²) in [5.74, 6) is -0.212. The quantitative estimate of drug-likeness (QED) is 0.882. The van der Waals surface area contributed by atoms with E-state index in [-0.39, 0.29) is 5.82 Å². The number of hydrogen-bond donors (Lipinski definition) is 2. The van der Waals surface area contributed by atoms with Crippen LogP contribution in [0.15, 0.2) is 22.7 Å². The summed E-state index contributed by atoms with van der Waals surface area (Å²) in [6.07, 6.45) is 0.896. The number of benzene rings is 1. The van der Waals surface area contributed by atoms with Crippen LogP contribution in [0.25, 0.3) is 10.9 Å². The highest BCUT2D eigenvalue weighted by Crippen LogP contribution is 2.28. The molecule has 0 unspecified atom stereocenters. The number of aromatic amines is 1. The van der Waals surface area contributed by atoms with Crippen molar-refractivity contribution in [2.75, 3.05) is 13.6 Å². The molecule has 2 N–H and O–H groups in total. The van der Waals surface area contributed by atoms with E-state index in [4.69, 9.17) is 0 Å². The molecule has 1 aromatic heterocycles. The Hall–Kier alpha value is -0.870. The van der Waals surface area contributed by atoms with Gasteiger partial charge in [-0.25, -0.2) is 4.39 Å². The molecule has 0 aliphatic rings. The third kappa shape index (κ3) is 2.06. The van der Waals surface area contributed by atoms with Gasteiger partial charge < -0.3 is 10.3 Å². The van der Waals surface area contributed by atoms with E-state index in [9.17, 15) is 4.39 Å². The predicted octanol–water partition coefficient (Wildman–Crippen LogP) is 2.83. The van der Waals surface area contributed by atoms with Gasteiger partial charge in [0.05, 0.1) is 0 Å². The fourth-order valence-corrected chi connectivity index (χ4v) is 2.26. The van der Waals surface area contributed by atoms with Gasteiger partial charge >= 0.3 is 0 Å². The van der Waals surface area contributed by atoms with E-state index in [1.807, 2.05) is 7.05 Å². The average Bonchev–Trinajstić information content (AvgIpc) is 2.52. The maximum atomic E-state index is 13.0. The van der Waals surface area contributed by atoms with Crippen LogP contribution in [0, 0.1) is 5.82 Å². The van der Waals surface area contributed by atoms with E-state index < -0.39 is 0 Å². The lowest BCUT2D eigenvalue weighted by Gasteiger charge is -1.97. The maximum absolute atomic E-state index is 13.0. The van der Waals surface area contributed by atoms with Crippen molar-refractivity contribution in [3.63, 3.8) is 0 Å². The second-order valence-electron chi connectivity index (χ2n) is 3.46. The fraction of sp³-hybridized carbons (Fsp3) is 0.273. The molecule has 1 heterocycles. The number of rotatable bonds is 3. The molecule has 80 valence electrons. The van der Waals surface area contributed by atoms with Crippen molar-refractivity contribution in [3.8, 4) is 0 Å². The van der Waals surface area contributed by atoms with E-state index in [0.29, 0.717) is 0 Å². The van der Waals surface area contributed by atoms with Crippen molar-refractivity contribution in [2.24, 2.45) is 0 Å². The third-order valence-corrected chi connectivity index (χ3v) is 3.30. The first kappa shape index (κ1) is 10.6. The summed E-state index contributed by atoms with van der Waals surface area (Å²) in [7, 11) is 1.91. The van der Waals surface area contributed by atoms with Gasteiger partial charge in [-0.05, 0) is 41.2 Å². The van der Waals surface area contributed by atoms with Crippen LogP contribution in [0.5, 0.6) is 0 Å². The van der Waals surface area contributed by atoms with Crippen LogP contribution < -0.4 is 5.32 Å². The molecule has 0 spiro atoms. The molecule has 2 nitrogen and oxygen atoms in total. The van der Waals surface area contributed by atoms with Crippen molar-refractivity contribution in [2.45, 2.75) is 6.42 Å². The Morgan fingerprint density at radius 3 is 3.00 bits per heavy atom. The highest BCUT2D eigenvalue weighted by molar-refractivity contribution is 9.10. The Bertz CT molecular complexity index is 479. The number of nitrogens with one attached hydrogen (secondary N) is 2. The van der Waals surface area contributed by atoms with E-state index in [0.717, 1.165) is 34.0 Å². The van der Waals surface area contributed by atoms with Gasteiger partial charge in [0.2, 0.25) is 0 Å². The molecule has 0 aliphatic heterocycles. The summed E-state index contributed by atoms with van der Waals surface area (Å²) in [5.41, 5.74) is 1.94. The largest absolute Gasteiger partial charge is 0.357 e. The summed E-state index contributed by atoms with van der Waals surface area (Å²) in [6, 6.07) is 4.78. The van der Waals surface area contributed by atoms with Crippen LogP contribution in [0.4, 0.5) is 4.39 Å². The van der Waals surface area contributed by atoms with E-state index in [1.54, 1.807) is 6.07 Å². The average molecular weight is 271 g/mol. The van der Waals surface area contributed by atoms with Crippen LogP contribution in [-0.2, 0) is 6.42 Å². The molecule has 0 atom stereocenters. The monoisotopic (exact) mass is 270 g/mol. The van der Waals surface area contributed by atoms with Gasteiger partial charge in [0.1, 0.15) is 5.82 Å². The van der Waals surface area contributed by atoms with Gasteiger partial charge in [-0.1, -0.05) is 0 Å². The van der Waals surface area contributed by atoms with Crippen LogP contribution in [0.1, 0.15) is 5.69 Å². The molecular weight excluding hydrogens is 259 g/mol. The van der Waals surface area contributed by atoms with Crippen molar-refractivity contribution < 1.29 is 4.39 Å². The summed E-state index contributed by atoms with van der Waals surface area (Å²) < 4.78 is 14.0. The Kier molecular flexibility index (Phi) is 3.07. The zero-order valence-electron chi connectivity index (χ0n) is 8.40. The first-order valence-electron chi connectivity index (χ1n) is 4.82. The number of H-pyrrole nitrogens is 1. The minimum atomic E-state index is -0.212. The summed E-state index contributed by atoms with van der Waals surface area (Å²) in [5, 5.41) is 4.11. The molecule has 0 fully saturated rings. The summed E-state index contributed by atoms with van der Waals surface area (Å²) in [6.45, 7) is 0.897. The molecule has 2 rings (SSSR count). The normalized spacial score (nSPS) is 11.1. The lowest BCUT2D eigenvalue weighted by Crippen LogP contribution is -2.10. The lowest BCUT2D eigenvalue weighted by atomic mass is 10.2. The number of halogens is 2. The van der Waals surface area contributed by atoms with Crippen LogP contribution >= 0.6 is 15.9 Å². The molecule has 0 saturated heterocycles. The fourth-order valence-electron chi connectivity index (χ4n) is 1.61. The number of hydrogen-bond acceptors (Lipinski definition) is 1. The van der Waals surface area contributed by atoms with Crippen molar-refractivity contribution in [1.29, 1.82) is 0 Å². The molecule has 0 aliphatic carbocycles. The second-order valence-corrected chi connectivity index (χ2v) is 4.25. The van der Waals surface area contributed by atoms with Crippen LogP contribution in [0.3, 0.4) is 0 Å². The van der Waals surface area contributed by atoms with E-state index in [1.165, 1.54) is 12.1 Å². The molecule has 15 heavy (non-hydrogen) atoms. The predicted molar refractivity (Wildman–Crippen MR) is 63.6 cm³/mol. The van der Waals surface area contributed by atoms with Gasteiger partial charge in [-0.15, -0.1) is 0 Å². The molecule has 1 aromatic carbocycles. The van der Waals surface area contributed by atoms with E-state index in [2.05, 4.69) is 26.2 Å². The van der Waals surface area contributed by atoms with Gasteiger partial charge in [0.15, 0.2) is 0 Å². The third-order valence-electron chi connectivity index (χ3n) is 2.39. The zero-order chi connectivity index (χ0) is 10.8. The van der Waals surface area contributed by atoms with Crippen molar-refractivity contribution in [3.05, 3.63) is 34.2 Å². The van der Waals surface area contributed by atoms with Crippen LogP contribution in [0.2, 0.25) is 0 Å². The Morgan fingerprint density at radius 1 is 1.47 bits per heavy atom. The number of fused-ring (bicyclic) bond motifs is 1. The minimum absolute atomic E-state index is 0.212. The molecule has 2 aromatic rings. The van der Waals surface area contributed by atoms with E-state index >= 15 is 0 Å². The molecule has 0 saturated carbocycles. The second kappa shape index (κ2) is 4.33.